The molecule has 0 atom stereocenters. The molecule has 0 radical (unpaired) electrons. The fourth-order valence-electron chi connectivity index (χ4n) is 2.77. The van der Waals surface area contributed by atoms with Crippen molar-refractivity contribution in [1.29, 1.82) is 0 Å². The first kappa shape index (κ1) is 14.0. The molecule has 0 unspecified atom stereocenters. The lowest BCUT2D eigenvalue weighted by Crippen LogP contribution is -2.34. The number of nitrogens with one attached hydrogen (secondary N) is 1. The Bertz CT molecular complexity index is 620. The zero-order valence-electron chi connectivity index (χ0n) is 11.4. The van der Waals surface area contributed by atoms with Crippen LogP contribution in [-0.2, 0) is 0 Å². The van der Waals surface area contributed by atoms with Gasteiger partial charge in [-0.2, -0.15) is 0 Å². The predicted molar refractivity (Wildman–Crippen MR) is 89.7 cm³/mol. The van der Waals surface area contributed by atoms with Gasteiger partial charge in [-0.15, -0.1) is 0 Å². The van der Waals surface area contributed by atoms with Crippen LogP contribution in [-0.4, -0.2) is 6.04 Å². The summed E-state index contributed by atoms with van der Waals surface area (Å²) in [5, 5.41) is 4.51. The minimum absolute atomic E-state index is 0.536. The van der Waals surface area contributed by atoms with Crippen LogP contribution in [0.25, 0.3) is 0 Å². The van der Waals surface area contributed by atoms with Crippen molar-refractivity contribution in [1.82, 2.24) is 0 Å². The third-order valence-corrected chi connectivity index (χ3v) is 5.43. The molecule has 1 fully saturated rings. The number of hydrogen-bond acceptors (Lipinski definition) is 1. The summed E-state index contributed by atoms with van der Waals surface area (Å²) in [6.45, 7) is 2.11. The highest BCUT2D eigenvalue weighted by atomic mass is 79.9. The molecule has 1 saturated carbocycles. The molecule has 0 aromatic heterocycles. The highest BCUT2D eigenvalue weighted by Crippen LogP contribution is 2.42. The topological polar surface area (TPSA) is 12.0 Å². The zero-order valence-corrected chi connectivity index (χ0v) is 13.7. The molecule has 1 nitrogen and oxygen atoms in total. The van der Waals surface area contributed by atoms with E-state index in [2.05, 4.69) is 58.5 Å². The van der Waals surface area contributed by atoms with Gasteiger partial charge in [-0.1, -0.05) is 41.9 Å². The van der Waals surface area contributed by atoms with Gasteiger partial charge in [0.25, 0.3) is 0 Å². The third kappa shape index (κ3) is 2.72. The van der Waals surface area contributed by atoms with E-state index in [4.69, 9.17) is 11.6 Å². The Morgan fingerprint density at radius 1 is 1.10 bits per heavy atom. The number of hydrogen-bond donors (Lipinski definition) is 1. The van der Waals surface area contributed by atoms with Gasteiger partial charge in [0.05, 0.1) is 0 Å². The molecule has 0 amide bonds. The van der Waals surface area contributed by atoms with Crippen molar-refractivity contribution in [2.75, 3.05) is 5.32 Å². The number of aryl methyl sites for hydroxylation is 1. The second-order valence-electron chi connectivity index (χ2n) is 5.47. The fourth-order valence-corrected chi connectivity index (χ4v) is 3.44. The third-order valence-electron chi connectivity index (χ3n) is 4.03. The van der Waals surface area contributed by atoms with E-state index in [9.17, 15) is 0 Å². The molecule has 104 valence electrons. The largest absolute Gasteiger partial charge is 0.381 e. The van der Waals surface area contributed by atoms with Gasteiger partial charge in [0.1, 0.15) is 0 Å². The summed E-state index contributed by atoms with van der Waals surface area (Å²) in [5.41, 5.74) is 3.74. The number of rotatable bonds is 3. The molecule has 1 aliphatic carbocycles. The van der Waals surface area contributed by atoms with Crippen LogP contribution in [0.5, 0.6) is 0 Å². The van der Waals surface area contributed by atoms with Crippen molar-refractivity contribution in [3.05, 3.63) is 63.1 Å². The lowest BCUT2D eigenvalue weighted by molar-refractivity contribution is 0.374. The van der Waals surface area contributed by atoms with Gasteiger partial charge in [0.15, 0.2) is 0 Å². The first-order valence-corrected chi connectivity index (χ1v) is 8.08. The van der Waals surface area contributed by atoms with Crippen LogP contribution in [0, 0.1) is 6.92 Å². The quantitative estimate of drug-likeness (QED) is 0.741. The molecule has 3 rings (SSSR count). The van der Waals surface area contributed by atoms with Crippen LogP contribution in [0.2, 0.25) is 5.02 Å². The minimum Gasteiger partial charge on any atom is -0.381 e. The van der Waals surface area contributed by atoms with E-state index < -0.39 is 0 Å². The monoisotopic (exact) mass is 349 g/mol. The summed E-state index contributed by atoms with van der Waals surface area (Å²) in [6, 6.07) is 15.0. The normalized spacial score (nSPS) is 21.4. The van der Waals surface area contributed by atoms with Gasteiger partial charge in [-0.25, -0.2) is 0 Å². The lowest BCUT2D eigenvalue weighted by atomic mass is 9.76. The minimum atomic E-state index is 0.536. The maximum absolute atomic E-state index is 6.26. The maximum atomic E-state index is 6.26. The van der Waals surface area contributed by atoms with E-state index in [0.717, 1.165) is 17.9 Å². The molecule has 1 N–H and O–H groups in total. The highest BCUT2D eigenvalue weighted by molar-refractivity contribution is 9.10. The standard InChI is InChI=1S/C17H17BrClN/c1-11-5-4-8-16(17(11)18)20-13-9-12(10-13)14-6-2-3-7-15(14)19/h2-8,12-13,20H,9-10H2,1H3. The molecule has 2 aromatic rings. The average Bonchev–Trinajstić information content (AvgIpc) is 2.39. The molecule has 2 aromatic carbocycles. The summed E-state index contributed by atoms with van der Waals surface area (Å²) in [6.07, 6.45) is 2.29. The molecule has 1 aliphatic rings. The molecular weight excluding hydrogens is 334 g/mol. The molecule has 0 saturated heterocycles. The number of halogens is 2. The zero-order chi connectivity index (χ0) is 14.1. The SMILES string of the molecule is Cc1cccc(NC2CC(c3ccccc3Cl)C2)c1Br. The molecule has 0 spiro atoms. The molecule has 0 heterocycles. The van der Waals surface area contributed by atoms with Crippen LogP contribution in [0.3, 0.4) is 0 Å². The van der Waals surface area contributed by atoms with Crippen molar-refractivity contribution in [2.45, 2.75) is 31.7 Å². The summed E-state index contributed by atoms with van der Waals surface area (Å²) >= 11 is 9.91. The van der Waals surface area contributed by atoms with Crippen LogP contribution in [0.15, 0.2) is 46.9 Å². The van der Waals surface area contributed by atoms with Crippen LogP contribution in [0.4, 0.5) is 5.69 Å². The van der Waals surface area contributed by atoms with Crippen molar-refractivity contribution < 1.29 is 0 Å². The van der Waals surface area contributed by atoms with Crippen LogP contribution >= 0.6 is 27.5 Å². The lowest BCUT2D eigenvalue weighted by Gasteiger charge is -2.37. The van der Waals surface area contributed by atoms with E-state index in [-0.39, 0.29) is 0 Å². The first-order chi connectivity index (χ1) is 9.65. The van der Waals surface area contributed by atoms with Crippen LogP contribution in [0.1, 0.15) is 29.9 Å². The molecular formula is C17H17BrClN. The molecule has 0 bridgehead atoms. The number of benzene rings is 2. The predicted octanol–water partition coefficient (Wildman–Crippen LogP) is 5.77. The van der Waals surface area contributed by atoms with E-state index in [1.807, 2.05) is 12.1 Å². The molecule has 0 aliphatic heterocycles. The Balaban J connectivity index is 1.64. The van der Waals surface area contributed by atoms with Crippen molar-refractivity contribution in [3.8, 4) is 0 Å². The smallest absolute Gasteiger partial charge is 0.0489 e. The van der Waals surface area contributed by atoms with Crippen molar-refractivity contribution >= 4 is 33.2 Å². The van der Waals surface area contributed by atoms with Gasteiger partial charge in [0.2, 0.25) is 0 Å². The Hall–Kier alpha value is -0.990. The van der Waals surface area contributed by atoms with E-state index in [1.54, 1.807) is 0 Å². The van der Waals surface area contributed by atoms with Gasteiger partial charge >= 0.3 is 0 Å². The summed E-state index contributed by atoms with van der Waals surface area (Å²) < 4.78 is 1.17. The molecule has 20 heavy (non-hydrogen) atoms. The first-order valence-electron chi connectivity index (χ1n) is 6.91. The Morgan fingerprint density at radius 3 is 2.60 bits per heavy atom. The highest BCUT2D eigenvalue weighted by Gasteiger charge is 2.31. The van der Waals surface area contributed by atoms with Gasteiger partial charge in [-0.3, -0.25) is 0 Å². The number of anilines is 1. The fraction of sp³-hybridized carbons (Fsp3) is 0.294. The maximum Gasteiger partial charge on any atom is 0.0489 e. The Morgan fingerprint density at radius 2 is 1.85 bits per heavy atom. The van der Waals surface area contributed by atoms with Crippen molar-refractivity contribution in [3.63, 3.8) is 0 Å². The summed E-state index contributed by atoms with van der Waals surface area (Å²) in [4.78, 5) is 0. The van der Waals surface area contributed by atoms with E-state index in [0.29, 0.717) is 12.0 Å². The van der Waals surface area contributed by atoms with Crippen molar-refractivity contribution in [2.24, 2.45) is 0 Å². The molecule has 3 heteroatoms. The Labute approximate surface area is 133 Å². The van der Waals surface area contributed by atoms with Gasteiger partial charge < -0.3 is 5.32 Å². The summed E-state index contributed by atoms with van der Waals surface area (Å²) in [5.74, 6) is 0.588. The van der Waals surface area contributed by atoms with E-state index in [1.165, 1.54) is 21.3 Å². The van der Waals surface area contributed by atoms with E-state index >= 15 is 0 Å². The van der Waals surface area contributed by atoms with Gasteiger partial charge in [0, 0.05) is 21.2 Å². The summed E-state index contributed by atoms with van der Waals surface area (Å²) in [7, 11) is 0. The van der Waals surface area contributed by atoms with Gasteiger partial charge in [-0.05, 0) is 64.9 Å². The Kier molecular flexibility index (Phi) is 4.04. The second-order valence-corrected chi connectivity index (χ2v) is 6.67. The van der Waals surface area contributed by atoms with Crippen LogP contribution < -0.4 is 5.32 Å². The average molecular weight is 351 g/mol. The second kappa shape index (κ2) is 5.79.